The lowest BCUT2D eigenvalue weighted by atomic mass is 9.91. The van der Waals surface area contributed by atoms with Crippen molar-refractivity contribution in [2.24, 2.45) is 0 Å². The van der Waals surface area contributed by atoms with E-state index in [0.717, 1.165) is 36.3 Å². The number of carbonyl (C=O) groups is 1. The van der Waals surface area contributed by atoms with Crippen molar-refractivity contribution in [1.29, 1.82) is 0 Å². The number of ether oxygens (including phenoxy) is 2. The summed E-state index contributed by atoms with van der Waals surface area (Å²) >= 11 is 0. The number of aromatic nitrogens is 1. The molecule has 2 aromatic carbocycles. The first-order valence-corrected chi connectivity index (χ1v) is 9.94. The summed E-state index contributed by atoms with van der Waals surface area (Å²) in [6.07, 6.45) is 4.04. The average Bonchev–Trinajstić information content (AvgIpc) is 3.31. The van der Waals surface area contributed by atoms with E-state index >= 15 is 0 Å². The Morgan fingerprint density at radius 3 is 3.04 bits per heavy atom. The zero-order valence-electron chi connectivity index (χ0n) is 16.0. The molecule has 3 aromatic rings. The standard InChI is InChI=1S/C23H24N2O3/c1-14-3-2-4-17-18-12-16(7-8-19(18)25-23(14)17)24-22(26)10-6-15-5-9-20-21(11-15)28-13-27-20/h2-5,9,11,16,25H,6-8,10,12-13H2,1H3,(H,24,26). The lowest BCUT2D eigenvalue weighted by molar-refractivity contribution is -0.121. The van der Waals surface area contributed by atoms with Crippen LogP contribution in [0.15, 0.2) is 36.4 Å². The first-order valence-electron chi connectivity index (χ1n) is 9.94. The van der Waals surface area contributed by atoms with Gasteiger partial charge in [0.25, 0.3) is 0 Å². The van der Waals surface area contributed by atoms with Crippen molar-refractivity contribution in [1.82, 2.24) is 10.3 Å². The van der Waals surface area contributed by atoms with E-state index in [9.17, 15) is 4.79 Å². The molecule has 5 heteroatoms. The lowest BCUT2D eigenvalue weighted by Gasteiger charge is -2.23. The second-order valence-corrected chi connectivity index (χ2v) is 7.77. The molecule has 1 aliphatic heterocycles. The largest absolute Gasteiger partial charge is 0.454 e. The highest BCUT2D eigenvalue weighted by molar-refractivity contribution is 5.87. The third kappa shape index (κ3) is 3.11. The van der Waals surface area contributed by atoms with Crippen LogP contribution in [0.5, 0.6) is 11.5 Å². The molecule has 1 aliphatic carbocycles. The summed E-state index contributed by atoms with van der Waals surface area (Å²) in [4.78, 5) is 16.1. The average molecular weight is 376 g/mol. The molecule has 1 amide bonds. The Morgan fingerprint density at radius 2 is 2.11 bits per heavy atom. The van der Waals surface area contributed by atoms with E-state index in [1.165, 1.54) is 27.7 Å². The minimum atomic E-state index is 0.113. The van der Waals surface area contributed by atoms with Gasteiger partial charge in [-0.05, 0) is 61.4 Å². The number of rotatable bonds is 4. The van der Waals surface area contributed by atoms with E-state index in [4.69, 9.17) is 9.47 Å². The molecule has 0 radical (unpaired) electrons. The number of fused-ring (bicyclic) bond motifs is 4. The lowest BCUT2D eigenvalue weighted by Crippen LogP contribution is -2.38. The molecule has 2 N–H and O–H groups in total. The first-order chi connectivity index (χ1) is 13.7. The van der Waals surface area contributed by atoms with Gasteiger partial charge in [-0.2, -0.15) is 0 Å². The number of aryl methyl sites for hydroxylation is 3. The molecule has 0 saturated heterocycles. The minimum absolute atomic E-state index is 0.113. The van der Waals surface area contributed by atoms with E-state index < -0.39 is 0 Å². The number of hydrogen-bond acceptors (Lipinski definition) is 3. The van der Waals surface area contributed by atoms with Crippen molar-refractivity contribution in [3.05, 3.63) is 58.8 Å². The van der Waals surface area contributed by atoms with Crippen LogP contribution >= 0.6 is 0 Å². The molecule has 2 aliphatic rings. The highest BCUT2D eigenvalue weighted by Gasteiger charge is 2.24. The normalized spacial score (nSPS) is 17.5. The number of para-hydroxylation sites is 1. The van der Waals surface area contributed by atoms with Gasteiger partial charge in [-0.15, -0.1) is 0 Å². The van der Waals surface area contributed by atoms with Crippen molar-refractivity contribution < 1.29 is 14.3 Å². The molecule has 1 atom stereocenters. The molecule has 1 unspecified atom stereocenters. The Kier molecular flexibility index (Phi) is 4.23. The first kappa shape index (κ1) is 17.2. The summed E-state index contributed by atoms with van der Waals surface area (Å²) in [6, 6.07) is 12.5. The second-order valence-electron chi connectivity index (χ2n) is 7.77. The van der Waals surface area contributed by atoms with Crippen molar-refractivity contribution in [3.63, 3.8) is 0 Å². The van der Waals surface area contributed by atoms with Crippen LogP contribution in [0.2, 0.25) is 0 Å². The summed E-state index contributed by atoms with van der Waals surface area (Å²) in [5.74, 6) is 1.66. The van der Waals surface area contributed by atoms with Gasteiger partial charge in [0.15, 0.2) is 11.5 Å². The fourth-order valence-electron chi connectivity index (χ4n) is 4.36. The number of amides is 1. The maximum Gasteiger partial charge on any atom is 0.231 e. The monoisotopic (exact) mass is 376 g/mol. The number of nitrogens with one attached hydrogen (secondary N) is 2. The molecular formula is C23H24N2O3. The van der Waals surface area contributed by atoms with Gasteiger partial charge in [-0.25, -0.2) is 0 Å². The van der Waals surface area contributed by atoms with Gasteiger partial charge in [0.2, 0.25) is 12.7 Å². The Balaban J connectivity index is 1.22. The van der Waals surface area contributed by atoms with Crippen LogP contribution in [-0.4, -0.2) is 23.7 Å². The van der Waals surface area contributed by atoms with Crippen LogP contribution in [0.1, 0.15) is 35.2 Å². The van der Waals surface area contributed by atoms with Crippen molar-refractivity contribution in [2.75, 3.05) is 6.79 Å². The molecule has 1 aromatic heterocycles. The topological polar surface area (TPSA) is 63.4 Å². The van der Waals surface area contributed by atoms with Gasteiger partial charge in [-0.3, -0.25) is 4.79 Å². The third-order valence-electron chi connectivity index (χ3n) is 5.87. The van der Waals surface area contributed by atoms with E-state index in [1.54, 1.807) is 0 Å². The Morgan fingerprint density at radius 1 is 1.21 bits per heavy atom. The highest BCUT2D eigenvalue weighted by Crippen LogP contribution is 2.33. The van der Waals surface area contributed by atoms with Crippen LogP contribution in [0.4, 0.5) is 0 Å². The van der Waals surface area contributed by atoms with E-state index in [1.807, 2.05) is 18.2 Å². The summed E-state index contributed by atoms with van der Waals surface area (Å²) < 4.78 is 10.7. The molecule has 0 spiro atoms. The number of benzene rings is 2. The number of carbonyl (C=O) groups excluding carboxylic acids is 1. The summed E-state index contributed by atoms with van der Waals surface area (Å²) in [5, 5.41) is 4.54. The Labute approximate surface area is 164 Å². The van der Waals surface area contributed by atoms with Gasteiger partial charge in [0.05, 0.1) is 0 Å². The predicted octanol–water partition coefficient (Wildman–Crippen LogP) is 3.81. The van der Waals surface area contributed by atoms with Crippen molar-refractivity contribution in [2.45, 2.75) is 45.1 Å². The van der Waals surface area contributed by atoms with Crippen LogP contribution in [0.3, 0.4) is 0 Å². The van der Waals surface area contributed by atoms with Crippen LogP contribution in [0.25, 0.3) is 10.9 Å². The van der Waals surface area contributed by atoms with E-state index in [2.05, 4.69) is 35.4 Å². The molecular weight excluding hydrogens is 352 g/mol. The van der Waals surface area contributed by atoms with E-state index in [0.29, 0.717) is 12.8 Å². The van der Waals surface area contributed by atoms with E-state index in [-0.39, 0.29) is 18.7 Å². The van der Waals surface area contributed by atoms with Gasteiger partial charge >= 0.3 is 0 Å². The van der Waals surface area contributed by atoms with Crippen LogP contribution in [0, 0.1) is 6.92 Å². The number of hydrogen-bond donors (Lipinski definition) is 2. The Hall–Kier alpha value is -2.95. The predicted molar refractivity (Wildman–Crippen MR) is 108 cm³/mol. The SMILES string of the molecule is Cc1cccc2c3c([nH]c12)CCC(NC(=O)CCc1ccc2c(c1)OCO2)C3. The second kappa shape index (κ2) is 6.89. The third-order valence-corrected chi connectivity index (χ3v) is 5.87. The molecule has 0 fully saturated rings. The molecule has 0 bridgehead atoms. The fourth-order valence-corrected chi connectivity index (χ4v) is 4.36. The van der Waals surface area contributed by atoms with Crippen LogP contribution in [-0.2, 0) is 24.1 Å². The number of aromatic amines is 1. The zero-order valence-corrected chi connectivity index (χ0v) is 16.0. The summed E-state index contributed by atoms with van der Waals surface area (Å²) in [5.41, 5.74) is 6.30. The van der Waals surface area contributed by atoms with Crippen molar-refractivity contribution >= 4 is 16.8 Å². The van der Waals surface area contributed by atoms with Gasteiger partial charge in [-0.1, -0.05) is 24.3 Å². The summed E-state index contributed by atoms with van der Waals surface area (Å²) in [6.45, 7) is 2.41. The smallest absolute Gasteiger partial charge is 0.231 e. The maximum absolute atomic E-state index is 12.5. The molecule has 0 saturated carbocycles. The zero-order chi connectivity index (χ0) is 19.1. The van der Waals surface area contributed by atoms with Gasteiger partial charge in [0.1, 0.15) is 0 Å². The van der Waals surface area contributed by atoms with Gasteiger partial charge < -0.3 is 19.8 Å². The maximum atomic E-state index is 12.5. The quantitative estimate of drug-likeness (QED) is 0.728. The molecule has 2 heterocycles. The van der Waals surface area contributed by atoms with Crippen molar-refractivity contribution in [3.8, 4) is 11.5 Å². The molecule has 5 rings (SSSR count). The van der Waals surface area contributed by atoms with Crippen LogP contribution < -0.4 is 14.8 Å². The molecule has 28 heavy (non-hydrogen) atoms. The molecule has 144 valence electrons. The Bertz CT molecular complexity index is 1050. The highest BCUT2D eigenvalue weighted by atomic mass is 16.7. The van der Waals surface area contributed by atoms with Gasteiger partial charge in [0, 0.05) is 29.1 Å². The number of H-pyrrole nitrogens is 1. The summed E-state index contributed by atoms with van der Waals surface area (Å²) in [7, 11) is 0. The molecule has 5 nitrogen and oxygen atoms in total. The fraction of sp³-hybridized carbons (Fsp3) is 0.348. The minimum Gasteiger partial charge on any atom is -0.454 e.